The van der Waals surface area contributed by atoms with Gasteiger partial charge in [-0.15, -0.1) is 0 Å². The van der Waals surface area contributed by atoms with Crippen molar-refractivity contribution in [3.05, 3.63) is 64.2 Å². The Balaban J connectivity index is 1.80. The van der Waals surface area contributed by atoms with Crippen LogP contribution in [0.15, 0.2) is 57.9 Å². The van der Waals surface area contributed by atoms with Crippen molar-refractivity contribution < 1.29 is 9.15 Å². The van der Waals surface area contributed by atoms with Crippen molar-refractivity contribution in [1.82, 2.24) is 9.55 Å². The third-order valence-corrected chi connectivity index (χ3v) is 5.14. The molecule has 7 heteroatoms. The van der Waals surface area contributed by atoms with Gasteiger partial charge in [0.2, 0.25) is 0 Å². The van der Waals surface area contributed by atoms with Gasteiger partial charge < -0.3 is 14.5 Å². The second-order valence-corrected chi connectivity index (χ2v) is 7.02. The maximum absolute atomic E-state index is 12.9. The molecule has 0 atom stereocenters. The zero-order valence-electron chi connectivity index (χ0n) is 14.3. The molecule has 0 bridgehead atoms. The number of nitrogens with zero attached hydrogens (tertiary/aromatic N) is 2. The minimum atomic E-state index is -0.372. The van der Waals surface area contributed by atoms with E-state index >= 15 is 0 Å². The molecule has 2 aromatic carbocycles. The molecule has 1 saturated heterocycles. The normalized spacial score (nSPS) is 14.6. The summed E-state index contributed by atoms with van der Waals surface area (Å²) in [7, 11) is 0. The highest BCUT2D eigenvalue weighted by Gasteiger charge is 2.22. The van der Waals surface area contributed by atoms with Crippen LogP contribution >= 0.6 is 11.6 Å². The number of halogens is 1. The Morgan fingerprint density at radius 1 is 1.22 bits per heavy atom. The summed E-state index contributed by atoms with van der Waals surface area (Å²) in [5.74, 6) is 0.920. The Morgan fingerprint density at radius 2 is 2.04 bits per heavy atom. The molecule has 0 aliphatic carbocycles. The van der Waals surface area contributed by atoms with Crippen LogP contribution in [-0.4, -0.2) is 29.3 Å². The van der Waals surface area contributed by atoms with Crippen LogP contribution < -0.4 is 11.0 Å². The number of benzene rings is 2. The second-order valence-electron chi connectivity index (χ2n) is 6.61. The van der Waals surface area contributed by atoms with Crippen molar-refractivity contribution >= 4 is 39.3 Å². The molecule has 1 fully saturated rings. The van der Waals surface area contributed by atoms with Crippen LogP contribution in [0.25, 0.3) is 27.6 Å². The number of hydrogen-bond acceptors (Lipinski definition) is 5. The number of fused-ring (bicyclic) bond motifs is 3. The van der Waals surface area contributed by atoms with Gasteiger partial charge in [-0.2, -0.15) is 4.98 Å². The van der Waals surface area contributed by atoms with E-state index in [4.69, 9.17) is 20.8 Å². The maximum Gasteiger partial charge on any atom is 0.354 e. The van der Waals surface area contributed by atoms with E-state index in [1.807, 2.05) is 36.4 Å². The number of rotatable bonds is 4. The predicted molar refractivity (Wildman–Crippen MR) is 105 cm³/mol. The van der Waals surface area contributed by atoms with E-state index < -0.39 is 0 Å². The molecule has 1 N–H and O–H groups in total. The van der Waals surface area contributed by atoms with E-state index in [0.29, 0.717) is 47.6 Å². The minimum absolute atomic E-state index is 0.372. The van der Waals surface area contributed by atoms with Gasteiger partial charge in [0.1, 0.15) is 11.4 Å². The molecule has 1 aliphatic heterocycles. The van der Waals surface area contributed by atoms with E-state index in [9.17, 15) is 4.79 Å². The third-order valence-electron chi connectivity index (χ3n) is 4.83. The number of anilines is 1. The predicted octanol–water partition coefficient (Wildman–Crippen LogP) is 3.84. The van der Waals surface area contributed by atoms with Crippen molar-refractivity contribution in [2.45, 2.75) is 0 Å². The van der Waals surface area contributed by atoms with Crippen LogP contribution in [0, 0.1) is 5.92 Å². The first-order chi connectivity index (χ1) is 13.2. The largest absolute Gasteiger partial charge is 0.463 e. The lowest BCUT2D eigenvalue weighted by Crippen LogP contribution is -2.34. The van der Waals surface area contributed by atoms with Crippen molar-refractivity contribution in [2.75, 3.05) is 25.1 Å². The van der Waals surface area contributed by atoms with Crippen molar-refractivity contribution in [1.29, 1.82) is 0 Å². The lowest BCUT2D eigenvalue weighted by atomic mass is 10.1. The Kier molecular flexibility index (Phi) is 3.88. The standard InChI is InChI=1S/C20H16ClN3O3/c21-15-8-16-17(18-14(15)6-7-27-18)19(22-9-12-10-26-11-12)23-20(25)24(16)13-4-2-1-3-5-13/h1-8,12H,9-11H2,(H,22,23,25). The lowest BCUT2D eigenvalue weighted by molar-refractivity contribution is -0.0248. The fourth-order valence-electron chi connectivity index (χ4n) is 3.38. The van der Waals surface area contributed by atoms with Gasteiger partial charge in [0.05, 0.1) is 41.1 Å². The summed E-state index contributed by atoms with van der Waals surface area (Å²) in [5.41, 5.74) is 1.62. The molecule has 0 spiro atoms. The fourth-order valence-corrected chi connectivity index (χ4v) is 3.64. The summed E-state index contributed by atoms with van der Waals surface area (Å²) in [6.45, 7) is 2.11. The van der Waals surface area contributed by atoms with Gasteiger partial charge in [-0.3, -0.25) is 4.57 Å². The number of ether oxygens (including phenoxy) is 1. The first-order valence-corrected chi connectivity index (χ1v) is 9.09. The third kappa shape index (κ3) is 2.69. The van der Waals surface area contributed by atoms with Crippen LogP contribution in [0.4, 0.5) is 5.82 Å². The molecule has 4 aromatic rings. The van der Waals surface area contributed by atoms with Crippen LogP contribution in [0.3, 0.4) is 0 Å². The number of aromatic nitrogens is 2. The molecule has 27 heavy (non-hydrogen) atoms. The molecule has 0 unspecified atom stereocenters. The average molecular weight is 382 g/mol. The molecule has 3 heterocycles. The molecular weight excluding hydrogens is 366 g/mol. The summed E-state index contributed by atoms with van der Waals surface area (Å²) >= 11 is 6.47. The summed E-state index contributed by atoms with van der Waals surface area (Å²) < 4.78 is 12.5. The molecular formula is C20H16ClN3O3. The summed E-state index contributed by atoms with van der Waals surface area (Å²) in [6.07, 6.45) is 1.59. The smallest absolute Gasteiger partial charge is 0.354 e. The maximum atomic E-state index is 12.9. The fraction of sp³-hybridized carbons (Fsp3) is 0.200. The zero-order valence-corrected chi connectivity index (χ0v) is 15.1. The number of para-hydroxylation sites is 1. The van der Waals surface area contributed by atoms with Gasteiger partial charge >= 0.3 is 5.69 Å². The molecule has 0 saturated carbocycles. The molecule has 5 rings (SSSR count). The van der Waals surface area contributed by atoms with E-state index in [2.05, 4.69) is 10.3 Å². The van der Waals surface area contributed by atoms with E-state index in [1.165, 1.54) is 0 Å². The van der Waals surface area contributed by atoms with Gasteiger partial charge in [0.25, 0.3) is 0 Å². The second kappa shape index (κ2) is 6.40. The summed E-state index contributed by atoms with van der Waals surface area (Å²) in [5, 5.41) is 5.36. The molecule has 2 aromatic heterocycles. The monoisotopic (exact) mass is 381 g/mol. The quantitative estimate of drug-likeness (QED) is 0.581. The van der Waals surface area contributed by atoms with Crippen molar-refractivity contribution in [2.24, 2.45) is 5.92 Å². The SMILES string of the molecule is O=c1nc(NCC2COC2)c2c3occc3c(Cl)cc2n1-c1ccccc1. The van der Waals surface area contributed by atoms with Crippen LogP contribution in [0.2, 0.25) is 5.02 Å². The highest BCUT2D eigenvalue weighted by Crippen LogP contribution is 2.36. The van der Waals surface area contributed by atoms with Gasteiger partial charge in [0.15, 0.2) is 0 Å². The summed E-state index contributed by atoms with van der Waals surface area (Å²) in [6, 6.07) is 13.0. The molecule has 1 aliphatic rings. The first kappa shape index (κ1) is 16.4. The van der Waals surface area contributed by atoms with Crippen LogP contribution in [0.1, 0.15) is 0 Å². The Morgan fingerprint density at radius 3 is 2.78 bits per heavy atom. The lowest BCUT2D eigenvalue weighted by Gasteiger charge is -2.26. The molecule has 0 amide bonds. The summed E-state index contributed by atoms with van der Waals surface area (Å²) in [4.78, 5) is 17.2. The number of nitrogens with one attached hydrogen (secondary N) is 1. The molecule has 6 nitrogen and oxygen atoms in total. The Hall–Kier alpha value is -2.83. The Labute approximate surface area is 159 Å². The first-order valence-electron chi connectivity index (χ1n) is 8.72. The topological polar surface area (TPSA) is 69.3 Å². The van der Waals surface area contributed by atoms with Gasteiger partial charge in [0, 0.05) is 17.8 Å². The Bertz CT molecular complexity index is 1200. The van der Waals surface area contributed by atoms with E-state index in [-0.39, 0.29) is 5.69 Å². The van der Waals surface area contributed by atoms with Gasteiger partial charge in [-0.1, -0.05) is 29.8 Å². The number of furan rings is 1. The number of hydrogen-bond donors (Lipinski definition) is 1. The van der Waals surface area contributed by atoms with E-state index in [1.54, 1.807) is 16.9 Å². The minimum Gasteiger partial charge on any atom is -0.463 e. The van der Waals surface area contributed by atoms with Crippen molar-refractivity contribution in [3.8, 4) is 5.69 Å². The van der Waals surface area contributed by atoms with Gasteiger partial charge in [-0.25, -0.2) is 4.79 Å². The van der Waals surface area contributed by atoms with Crippen LogP contribution in [0.5, 0.6) is 0 Å². The zero-order chi connectivity index (χ0) is 18.4. The average Bonchev–Trinajstić information content (AvgIpc) is 3.11. The highest BCUT2D eigenvalue weighted by atomic mass is 35.5. The molecule has 0 radical (unpaired) electrons. The van der Waals surface area contributed by atoms with E-state index in [0.717, 1.165) is 16.5 Å². The van der Waals surface area contributed by atoms with Gasteiger partial charge in [-0.05, 0) is 24.3 Å². The van der Waals surface area contributed by atoms with Crippen molar-refractivity contribution in [3.63, 3.8) is 0 Å². The highest BCUT2D eigenvalue weighted by molar-refractivity contribution is 6.37. The van der Waals surface area contributed by atoms with Crippen LogP contribution in [-0.2, 0) is 4.74 Å². The molecule has 136 valence electrons.